The molecule has 1 N–H and O–H groups in total. The highest BCUT2D eigenvalue weighted by atomic mass is 28.4. The quantitative estimate of drug-likeness (QED) is 0.317. The molecule has 4 saturated carbocycles. The number of hydrogen-bond donors (Lipinski definition) is 1. The van der Waals surface area contributed by atoms with Crippen LogP contribution < -0.4 is 0 Å². The van der Waals surface area contributed by atoms with E-state index >= 15 is 0 Å². The Labute approximate surface area is 260 Å². The van der Waals surface area contributed by atoms with Crippen LogP contribution in [0.5, 0.6) is 0 Å². The third-order valence-electron chi connectivity index (χ3n) is 14.5. The summed E-state index contributed by atoms with van der Waals surface area (Å²) >= 11 is 0. The Hall–Kier alpha value is 0.234. The molecule has 42 heavy (non-hydrogen) atoms. The molecule has 0 aromatic heterocycles. The van der Waals surface area contributed by atoms with Crippen LogP contribution in [0.15, 0.2) is 0 Å². The third kappa shape index (κ3) is 5.01. The third-order valence-corrected chi connectivity index (χ3v) is 23.6. The highest BCUT2D eigenvalue weighted by Crippen LogP contribution is 2.71. The van der Waals surface area contributed by atoms with Gasteiger partial charge in [0.25, 0.3) is 0 Å². The van der Waals surface area contributed by atoms with Crippen LogP contribution in [0.4, 0.5) is 0 Å². The Kier molecular flexibility index (Phi) is 7.89. The van der Waals surface area contributed by atoms with Gasteiger partial charge in [0.1, 0.15) is 0 Å². The van der Waals surface area contributed by atoms with Gasteiger partial charge in [0.2, 0.25) is 0 Å². The van der Waals surface area contributed by atoms with Gasteiger partial charge in [0.05, 0.1) is 23.9 Å². The molecule has 4 aliphatic carbocycles. The van der Waals surface area contributed by atoms with E-state index in [1.165, 1.54) is 12.8 Å². The van der Waals surface area contributed by atoms with Crippen LogP contribution in [-0.4, -0.2) is 57.5 Å². The van der Waals surface area contributed by atoms with Crippen molar-refractivity contribution in [3.8, 4) is 0 Å². The van der Waals surface area contributed by atoms with Crippen molar-refractivity contribution in [3.05, 3.63) is 0 Å². The minimum Gasteiger partial charge on any atom is -0.414 e. The maximum Gasteiger partial charge on any atom is 0.192 e. The van der Waals surface area contributed by atoms with E-state index < -0.39 is 28.0 Å². The van der Waals surface area contributed by atoms with E-state index in [1.54, 1.807) is 0 Å². The Balaban J connectivity index is 1.51. The van der Waals surface area contributed by atoms with Gasteiger partial charge in [-0.3, -0.25) is 0 Å². The molecule has 0 aromatic carbocycles. The molecule has 0 bridgehead atoms. The average Bonchev–Trinajstić information content (AvgIpc) is 3.28. The topological polar surface area (TPSA) is 57.2 Å². The second-order valence-corrected chi connectivity index (χ2v) is 29.0. The van der Waals surface area contributed by atoms with Gasteiger partial charge in [-0.05, 0) is 118 Å². The molecule has 5 nitrogen and oxygen atoms in total. The van der Waals surface area contributed by atoms with E-state index in [4.69, 9.17) is 18.3 Å². The van der Waals surface area contributed by atoms with Crippen LogP contribution in [-0.2, 0) is 18.3 Å². The van der Waals surface area contributed by atoms with E-state index in [1.807, 2.05) is 0 Å². The maximum absolute atomic E-state index is 12.6. The van der Waals surface area contributed by atoms with E-state index in [2.05, 4.69) is 102 Å². The van der Waals surface area contributed by atoms with Crippen molar-refractivity contribution in [2.24, 2.45) is 34.5 Å². The smallest absolute Gasteiger partial charge is 0.192 e. The molecule has 5 fully saturated rings. The number of aliphatic hydroxyl groups is 1. The first-order valence-corrected chi connectivity index (χ1v) is 23.0. The lowest BCUT2D eigenvalue weighted by Gasteiger charge is -2.67. The van der Waals surface area contributed by atoms with Crippen molar-refractivity contribution >= 4 is 16.6 Å². The molecule has 5 aliphatic rings. The minimum atomic E-state index is -1.99. The molecule has 0 amide bonds. The van der Waals surface area contributed by atoms with E-state index in [-0.39, 0.29) is 45.1 Å². The zero-order chi connectivity index (χ0) is 31.7. The summed E-state index contributed by atoms with van der Waals surface area (Å²) in [5.74, 6) is 0.872. The molecule has 11 atom stereocenters. The van der Waals surface area contributed by atoms with E-state index in [9.17, 15) is 5.11 Å². The summed E-state index contributed by atoms with van der Waals surface area (Å²) in [5, 5.41) is 12.9. The molecule has 0 radical (unpaired) electrons. The summed E-state index contributed by atoms with van der Waals surface area (Å²) in [6, 6.07) is 0. The summed E-state index contributed by atoms with van der Waals surface area (Å²) in [5.41, 5.74) is -0.957. The summed E-state index contributed by atoms with van der Waals surface area (Å²) < 4.78 is 28.1. The predicted octanol–water partition coefficient (Wildman–Crippen LogP) is 8.91. The molecular formula is C35H66O5Si2. The van der Waals surface area contributed by atoms with Crippen molar-refractivity contribution < 1.29 is 23.4 Å². The largest absolute Gasteiger partial charge is 0.414 e. The fourth-order valence-corrected chi connectivity index (χ4v) is 12.8. The zero-order valence-electron chi connectivity index (χ0n) is 29.9. The number of hydrogen-bond acceptors (Lipinski definition) is 5. The number of rotatable bonds is 4. The maximum atomic E-state index is 12.6. The average molecular weight is 623 g/mol. The Morgan fingerprint density at radius 3 is 1.83 bits per heavy atom. The molecule has 0 spiro atoms. The normalized spacial score (nSPS) is 47.4. The van der Waals surface area contributed by atoms with Crippen molar-refractivity contribution in [2.45, 2.75) is 187 Å². The Morgan fingerprint density at radius 2 is 1.26 bits per heavy atom. The van der Waals surface area contributed by atoms with Gasteiger partial charge in [-0.25, -0.2) is 0 Å². The van der Waals surface area contributed by atoms with Gasteiger partial charge in [-0.15, -0.1) is 0 Å². The molecular weight excluding hydrogens is 557 g/mol. The summed E-state index contributed by atoms with van der Waals surface area (Å²) in [6.45, 7) is 34.8. The fourth-order valence-electron chi connectivity index (χ4n) is 9.96. The predicted molar refractivity (Wildman–Crippen MR) is 176 cm³/mol. The molecule has 1 saturated heterocycles. The lowest BCUT2D eigenvalue weighted by Crippen LogP contribution is -2.71. The van der Waals surface area contributed by atoms with Crippen LogP contribution in [0.1, 0.15) is 115 Å². The van der Waals surface area contributed by atoms with Crippen LogP contribution in [0.2, 0.25) is 36.3 Å². The first-order valence-electron chi connectivity index (χ1n) is 17.2. The van der Waals surface area contributed by atoms with Gasteiger partial charge in [0.15, 0.2) is 22.4 Å². The molecule has 244 valence electrons. The summed E-state index contributed by atoms with van der Waals surface area (Å²) in [6.07, 6.45) is 6.65. The molecule has 1 heterocycles. The highest BCUT2D eigenvalue weighted by Gasteiger charge is 2.73. The van der Waals surface area contributed by atoms with Crippen molar-refractivity contribution in [1.82, 2.24) is 0 Å². The van der Waals surface area contributed by atoms with Gasteiger partial charge < -0.3 is 23.4 Å². The van der Waals surface area contributed by atoms with E-state index in [0.717, 1.165) is 19.3 Å². The summed E-state index contributed by atoms with van der Waals surface area (Å²) in [7, 11) is -3.89. The Bertz CT molecular complexity index is 1040. The molecule has 0 aromatic rings. The molecule has 7 heteroatoms. The first-order chi connectivity index (χ1) is 18.8. The first kappa shape index (κ1) is 33.6. The van der Waals surface area contributed by atoms with Gasteiger partial charge in [0, 0.05) is 17.9 Å². The molecule has 1 aliphatic heterocycles. The van der Waals surface area contributed by atoms with Gasteiger partial charge >= 0.3 is 0 Å². The second-order valence-electron chi connectivity index (χ2n) is 19.4. The second kappa shape index (κ2) is 9.87. The molecule has 5 unspecified atom stereocenters. The monoisotopic (exact) mass is 622 g/mol. The standard InChI is InChI=1S/C35H66O5Si2/c1-30(2,3)41(12,13)39-22-20-25-28-29(38-32(7,8)37-28)27-23-16-17-26(40-42(14,15)31(4,5)6)33(23,9)19-18-24(27)35(25,11)34(10,36)21-22/h22-29,36H,16-21H2,1-15H3/t22-,23?,24?,25?,26+,27?,28-,29-,33+,34?,35-/m1/s1. The van der Waals surface area contributed by atoms with E-state index in [0.29, 0.717) is 30.3 Å². The lowest BCUT2D eigenvalue weighted by molar-refractivity contribution is -0.259. The van der Waals surface area contributed by atoms with Gasteiger partial charge in [-0.1, -0.05) is 55.4 Å². The number of ether oxygens (including phenoxy) is 2. The zero-order valence-corrected chi connectivity index (χ0v) is 31.9. The van der Waals surface area contributed by atoms with Crippen LogP contribution in [0.25, 0.3) is 0 Å². The van der Waals surface area contributed by atoms with Crippen molar-refractivity contribution in [1.29, 1.82) is 0 Å². The number of fused-ring (bicyclic) bond motifs is 8. The lowest BCUT2D eigenvalue weighted by atomic mass is 9.40. The summed E-state index contributed by atoms with van der Waals surface area (Å²) in [4.78, 5) is 0. The van der Waals surface area contributed by atoms with Gasteiger partial charge in [-0.2, -0.15) is 0 Å². The van der Waals surface area contributed by atoms with Crippen molar-refractivity contribution in [2.75, 3.05) is 0 Å². The SMILES string of the molecule is CC1(C)O[C@@H]2C3C(CC[C@@]4(C)C3CC[C@@H]4O[Si](C)(C)C(C)(C)C)[C@]3(C)C(C[C@@H](O[Si](C)(C)C(C)(C)C)CC3(C)O)[C@H]2O1. The van der Waals surface area contributed by atoms with Crippen LogP contribution >= 0.6 is 0 Å². The molecule has 5 rings (SSSR count). The van der Waals surface area contributed by atoms with Crippen LogP contribution in [0.3, 0.4) is 0 Å². The highest BCUT2D eigenvalue weighted by molar-refractivity contribution is 6.74. The van der Waals surface area contributed by atoms with Crippen LogP contribution in [0, 0.1) is 34.5 Å². The minimum absolute atomic E-state index is 0.0220. The van der Waals surface area contributed by atoms with Crippen molar-refractivity contribution in [3.63, 3.8) is 0 Å². The fraction of sp³-hybridized carbons (Fsp3) is 1.00. The Morgan fingerprint density at radius 1 is 0.714 bits per heavy atom.